The second kappa shape index (κ2) is 7.89. The van der Waals surface area contributed by atoms with Gasteiger partial charge in [-0.2, -0.15) is 0 Å². The van der Waals surface area contributed by atoms with E-state index in [4.69, 9.17) is 21.9 Å². The van der Waals surface area contributed by atoms with E-state index in [9.17, 15) is 19.4 Å². The predicted octanol–water partition coefficient (Wildman–Crippen LogP) is 3.47. The van der Waals surface area contributed by atoms with Crippen LogP contribution in [0.15, 0.2) is 12.1 Å². The van der Waals surface area contributed by atoms with Gasteiger partial charge in [0.05, 0.1) is 30.1 Å². The summed E-state index contributed by atoms with van der Waals surface area (Å²) in [7, 11) is 0. The number of esters is 1. The predicted molar refractivity (Wildman–Crippen MR) is 130 cm³/mol. The fourth-order valence-electron chi connectivity index (χ4n) is 6.00. The maximum Gasteiger partial charge on any atom is 0.343 e. The molecule has 0 bridgehead atoms. The van der Waals surface area contributed by atoms with Crippen molar-refractivity contribution < 1.29 is 24.1 Å². The molecule has 1 aromatic carbocycles. The summed E-state index contributed by atoms with van der Waals surface area (Å²) in [5.74, 6) is -0.960. The Morgan fingerprint density at radius 2 is 2.14 bits per heavy atom. The molecule has 0 unspecified atom stereocenters. The highest BCUT2D eigenvalue weighted by Gasteiger charge is 2.45. The number of rotatable bonds is 4. The van der Waals surface area contributed by atoms with Gasteiger partial charge >= 0.3 is 5.97 Å². The molecule has 3 aliphatic rings. The Morgan fingerprint density at radius 1 is 1.34 bits per heavy atom. The van der Waals surface area contributed by atoms with Crippen LogP contribution in [0, 0.1) is 17.4 Å². The molecule has 7 nitrogen and oxygen atoms in total. The summed E-state index contributed by atoms with van der Waals surface area (Å²) in [6.45, 7) is 4.51. The molecule has 182 valence electrons. The van der Waals surface area contributed by atoms with E-state index in [1.54, 1.807) is 13.0 Å². The number of aromatic nitrogens is 2. The van der Waals surface area contributed by atoms with Crippen LogP contribution in [0.4, 0.5) is 4.39 Å². The van der Waals surface area contributed by atoms with Gasteiger partial charge in [0.2, 0.25) is 0 Å². The van der Waals surface area contributed by atoms with Crippen LogP contribution in [-0.4, -0.2) is 38.9 Å². The quantitative estimate of drug-likeness (QED) is 0.295. The second-order valence-electron chi connectivity index (χ2n) is 9.58. The van der Waals surface area contributed by atoms with Crippen molar-refractivity contribution in [3.05, 3.63) is 56.0 Å². The number of nitrogens with zero attached hydrogens (tertiary/aromatic N) is 2. The van der Waals surface area contributed by atoms with Crippen LogP contribution in [0.5, 0.6) is 0 Å². The number of benzene rings is 1. The summed E-state index contributed by atoms with van der Waals surface area (Å²) in [6, 6.07) is 3.27. The Labute approximate surface area is 206 Å². The lowest BCUT2D eigenvalue weighted by Crippen LogP contribution is -2.41. The van der Waals surface area contributed by atoms with Crippen LogP contribution in [0.3, 0.4) is 0 Å². The van der Waals surface area contributed by atoms with Crippen molar-refractivity contribution >= 4 is 29.1 Å². The summed E-state index contributed by atoms with van der Waals surface area (Å²) in [5.41, 5.74) is 4.98. The van der Waals surface area contributed by atoms with E-state index in [0.717, 1.165) is 34.9 Å². The molecule has 6 rings (SSSR count). The lowest BCUT2D eigenvalue weighted by molar-refractivity contribution is -0.172. The number of nitrogens with one attached hydrogen (secondary N) is 1. The fourth-order valence-corrected chi connectivity index (χ4v) is 6.33. The SMILES string of the molecule is CC[C@@]1(O)C(=O)OCc2c1cc1n(c2=S)Cc2c-1nc1cc(F)c(C)c3c1c2[C@@H](NCCO)CC3. The summed E-state index contributed by atoms with van der Waals surface area (Å²) in [5, 5.41) is 25.1. The van der Waals surface area contributed by atoms with Gasteiger partial charge in [0.15, 0.2) is 5.60 Å². The van der Waals surface area contributed by atoms with Gasteiger partial charge in [-0.25, -0.2) is 14.2 Å². The minimum absolute atomic E-state index is 0.0173. The van der Waals surface area contributed by atoms with Crippen LogP contribution in [0.25, 0.3) is 22.3 Å². The Balaban J connectivity index is 1.66. The highest BCUT2D eigenvalue weighted by atomic mass is 32.1. The second-order valence-corrected chi connectivity index (χ2v) is 9.97. The van der Waals surface area contributed by atoms with Gasteiger partial charge in [-0.05, 0) is 48.9 Å². The molecule has 2 aromatic heterocycles. The van der Waals surface area contributed by atoms with E-state index >= 15 is 0 Å². The van der Waals surface area contributed by atoms with Crippen LogP contribution in [0.2, 0.25) is 0 Å². The van der Waals surface area contributed by atoms with Gasteiger partial charge in [-0.1, -0.05) is 19.1 Å². The first kappa shape index (κ1) is 22.7. The van der Waals surface area contributed by atoms with Crippen LogP contribution in [-0.2, 0) is 34.7 Å². The number of cyclic esters (lactones) is 1. The molecule has 0 saturated heterocycles. The van der Waals surface area contributed by atoms with Gasteiger partial charge in [0.25, 0.3) is 0 Å². The average molecular weight is 496 g/mol. The number of carbonyl (C=O) groups excluding carboxylic acids is 1. The molecule has 3 aromatic rings. The number of halogens is 1. The van der Waals surface area contributed by atoms with Crippen molar-refractivity contribution in [2.75, 3.05) is 13.2 Å². The first-order valence-corrected chi connectivity index (χ1v) is 12.4. The lowest BCUT2D eigenvalue weighted by Gasteiger charge is -2.32. The molecule has 0 saturated carbocycles. The molecule has 35 heavy (non-hydrogen) atoms. The number of hydrogen-bond acceptors (Lipinski definition) is 7. The number of aliphatic hydroxyl groups excluding tert-OH is 1. The van der Waals surface area contributed by atoms with Crippen molar-refractivity contribution in [1.29, 1.82) is 0 Å². The maximum absolute atomic E-state index is 14.9. The van der Waals surface area contributed by atoms with Gasteiger partial charge in [-0.3, -0.25) is 0 Å². The van der Waals surface area contributed by atoms with Crippen LogP contribution in [0.1, 0.15) is 59.2 Å². The largest absolute Gasteiger partial charge is 0.458 e. The zero-order chi connectivity index (χ0) is 24.6. The van der Waals surface area contributed by atoms with Crippen LogP contribution < -0.4 is 5.32 Å². The summed E-state index contributed by atoms with van der Waals surface area (Å²) in [4.78, 5) is 17.4. The van der Waals surface area contributed by atoms with Gasteiger partial charge in [0, 0.05) is 40.7 Å². The molecule has 9 heteroatoms. The number of fused-ring (bicyclic) bond motifs is 5. The standard InChI is InChI=1S/C26H26FN3O4S/c1-3-26(33)16-8-20-23-14(10-30(20)24(35)15(16)11-34-25(26)32)22-18(28-6-7-31)5-4-13-12(2)17(27)9-19(29-23)21(13)22/h8-9,18,28,31,33H,3-7,10-11H2,1-2H3/t18-,26-/m0/s1. The number of aryl methyl sites for hydroxylation is 1. The molecule has 1 aliphatic carbocycles. The third-order valence-corrected chi connectivity index (χ3v) is 8.35. The van der Waals surface area contributed by atoms with Gasteiger partial charge in [-0.15, -0.1) is 0 Å². The normalized spacial score (nSPS) is 22.1. The Kier molecular flexibility index (Phi) is 5.12. The highest BCUT2D eigenvalue weighted by molar-refractivity contribution is 7.71. The number of hydrogen-bond donors (Lipinski definition) is 3. The molecule has 0 amide bonds. The van der Waals surface area contributed by atoms with Gasteiger partial charge < -0.3 is 24.8 Å². The maximum atomic E-state index is 14.9. The fraction of sp³-hybridized carbons (Fsp3) is 0.423. The first-order chi connectivity index (χ1) is 16.8. The van der Waals surface area contributed by atoms with E-state index in [1.807, 2.05) is 11.5 Å². The van der Waals surface area contributed by atoms with E-state index in [0.29, 0.717) is 51.3 Å². The zero-order valence-corrected chi connectivity index (χ0v) is 20.4. The first-order valence-electron chi connectivity index (χ1n) is 12.0. The topological polar surface area (TPSA) is 96.6 Å². The van der Waals surface area contributed by atoms with Gasteiger partial charge in [0.1, 0.15) is 17.1 Å². The average Bonchev–Trinajstić information content (AvgIpc) is 3.22. The Morgan fingerprint density at radius 3 is 2.89 bits per heavy atom. The van der Waals surface area contributed by atoms with E-state index < -0.39 is 11.6 Å². The van der Waals surface area contributed by atoms with E-state index in [-0.39, 0.29) is 31.5 Å². The monoisotopic (exact) mass is 495 g/mol. The Bertz CT molecular complexity index is 1500. The minimum atomic E-state index is -1.77. The Hall–Kier alpha value is -2.72. The third kappa shape index (κ3) is 3.02. The molecule has 0 radical (unpaired) electrons. The molecular formula is C26H26FN3O4S. The number of carbonyl (C=O) groups is 1. The minimum Gasteiger partial charge on any atom is -0.458 e. The third-order valence-electron chi connectivity index (χ3n) is 7.88. The molecule has 2 aliphatic heterocycles. The smallest absolute Gasteiger partial charge is 0.343 e. The van der Waals surface area contributed by atoms with Crippen molar-refractivity contribution in [2.24, 2.45) is 0 Å². The number of ether oxygens (including phenoxy) is 1. The zero-order valence-electron chi connectivity index (χ0n) is 19.6. The highest BCUT2D eigenvalue weighted by Crippen LogP contribution is 2.46. The summed E-state index contributed by atoms with van der Waals surface area (Å²) >= 11 is 5.83. The number of pyridine rings is 2. The molecule has 2 atom stereocenters. The molecule has 3 N–H and O–H groups in total. The van der Waals surface area contributed by atoms with Crippen molar-refractivity contribution in [3.63, 3.8) is 0 Å². The van der Waals surface area contributed by atoms with Crippen molar-refractivity contribution in [1.82, 2.24) is 14.9 Å². The molecule has 0 fully saturated rings. The number of aliphatic hydroxyl groups is 2. The van der Waals surface area contributed by atoms with E-state index in [2.05, 4.69) is 5.32 Å². The van der Waals surface area contributed by atoms with E-state index in [1.165, 1.54) is 6.07 Å². The van der Waals surface area contributed by atoms with Crippen molar-refractivity contribution in [2.45, 2.75) is 57.9 Å². The summed E-state index contributed by atoms with van der Waals surface area (Å²) < 4.78 is 22.6. The molecular weight excluding hydrogens is 469 g/mol. The summed E-state index contributed by atoms with van der Waals surface area (Å²) in [6.07, 6.45) is 1.65. The molecule has 0 spiro atoms. The molecule has 4 heterocycles. The lowest BCUT2D eigenvalue weighted by atomic mass is 9.81. The van der Waals surface area contributed by atoms with Crippen molar-refractivity contribution in [3.8, 4) is 11.4 Å². The van der Waals surface area contributed by atoms with Crippen LogP contribution >= 0.6 is 12.2 Å².